The topological polar surface area (TPSA) is 29.9 Å². The van der Waals surface area contributed by atoms with Crippen LogP contribution in [-0.2, 0) is 13.1 Å². The molecule has 0 aliphatic heterocycles. The van der Waals surface area contributed by atoms with Gasteiger partial charge in [-0.3, -0.25) is 0 Å². The van der Waals surface area contributed by atoms with Gasteiger partial charge >= 0.3 is 0 Å². The van der Waals surface area contributed by atoms with E-state index in [0.717, 1.165) is 28.6 Å². The highest BCUT2D eigenvalue weighted by Gasteiger charge is 1.98. The van der Waals surface area contributed by atoms with Gasteiger partial charge in [0.2, 0.25) is 0 Å². The van der Waals surface area contributed by atoms with Crippen molar-refractivity contribution >= 4 is 31.9 Å². The molecule has 0 aliphatic carbocycles. The Kier molecular flexibility index (Phi) is 4.76. The first-order valence-electron chi connectivity index (χ1n) is 5.36. The average Bonchev–Trinajstić information content (AvgIpc) is 2.82. The van der Waals surface area contributed by atoms with Gasteiger partial charge in [-0.2, -0.15) is 0 Å². The summed E-state index contributed by atoms with van der Waals surface area (Å²) in [6.07, 6.45) is 5.60. The lowest BCUT2D eigenvalue weighted by molar-refractivity contribution is 0.597. The Morgan fingerprint density at radius 3 is 2.82 bits per heavy atom. The Morgan fingerprint density at radius 2 is 2.12 bits per heavy atom. The lowest BCUT2D eigenvalue weighted by Gasteiger charge is -2.06. The average molecular weight is 359 g/mol. The van der Waals surface area contributed by atoms with Crippen molar-refractivity contribution < 1.29 is 0 Å². The fraction of sp³-hybridized carbons (Fsp3) is 0.250. The van der Waals surface area contributed by atoms with Gasteiger partial charge in [0.25, 0.3) is 0 Å². The van der Waals surface area contributed by atoms with Gasteiger partial charge in [0.15, 0.2) is 0 Å². The Hall–Kier alpha value is -0.650. The van der Waals surface area contributed by atoms with Gasteiger partial charge in [0, 0.05) is 41.0 Å². The third-order valence-electron chi connectivity index (χ3n) is 2.42. The van der Waals surface area contributed by atoms with E-state index in [-0.39, 0.29) is 0 Å². The molecule has 0 unspecified atom stereocenters. The largest absolute Gasteiger partial charge is 0.336 e. The molecule has 0 bridgehead atoms. The third kappa shape index (κ3) is 3.94. The number of nitrogens with one attached hydrogen (secondary N) is 1. The maximum atomic E-state index is 4.00. The van der Waals surface area contributed by atoms with Gasteiger partial charge in [-0.1, -0.05) is 6.07 Å². The number of halogens is 2. The highest BCUT2D eigenvalue weighted by Crippen LogP contribution is 2.23. The van der Waals surface area contributed by atoms with Crippen LogP contribution >= 0.6 is 31.9 Å². The molecule has 0 atom stereocenters. The molecule has 0 fully saturated rings. The highest BCUT2D eigenvalue weighted by molar-refractivity contribution is 9.13. The standard InChI is InChI=1S/C12H13Br2N3/c13-11-2-1-10(7-12(11)14)8-15-3-5-17-6-4-16-9-17/h1-2,4,6-7,9,15H,3,5,8H2. The van der Waals surface area contributed by atoms with Crippen LogP contribution in [-0.4, -0.2) is 16.1 Å². The minimum Gasteiger partial charge on any atom is -0.336 e. The van der Waals surface area contributed by atoms with Crippen LogP contribution in [0.5, 0.6) is 0 Å². The number of aromatic nitrogens is 2. The van der Waals surface area contributed by atoms with Crippen molar-refractivity contribution in [2.75, 3.05) is 6.54 Å². The fourth-order valence-corrected chi connectivity index (χ4v) is 2.18. The van der Waals surface area contributed by atoms with E-state index in [4.69, 9.17) is 0 Å². The molecule has 1 aromatic heterocycles. The second-order valence-electron chi connectivity index (χ2n) is 3.73. The molecular formula is C12H13Br2N3. The molecule has 0 spiro atoms. The van der Waals surface area contributed by atoms with Crippen LogP contribution in [0.3, 0.4) is 0 Å². The van der Waals surface area contributed by atoms with Crippen molar-refractivity contribution in [3.63, 3.8) is 0 Å². The lowest BCUT2D eigenvalue weighted by Crippen LogP contribution is -2.18. The van der Waals surface area contributed by atoms with Gasteiger partial charge in [0.1, 0.15) is 0 Å². The van der Waals surface area contributed by atoms with E-state index >= 15 is 0 Å². The van der Waals surface area contributed by atoms with E-state index in [1.807, 2.05) is 12.5 Å². The summed E-state index contributed by atoms with van der Waals surface area (Å²) in [7, 11) is 0. The predicted octanol–water partition coefficient (Wildman–Crippen LogP) is 3.20. The molecule has 0 saturated heterocycles. The Bertz CT molecular complexity index is 469. The zero-order chi connectivity index (χ0) is 12.1. The van der Waals surface area contributed by atoms with Crippen molar-refractivity contribution in [3.8, 4) is 0 Å². The summed E-state index contributed by atoms with van der Waals surface area (Å²) < 4.78 is 4.23. The molecule has 0 amide bonds. The van der Waals surface area contributed by atoms with E-state index < -0.39 is 0 Å². The first-order chi connectivity index (χ1) is 8.25. The fourth-order valence-electron chi connectivity index (χ4n) is 1.51. The van der Waals surface area contributed by atoms with Crippen LogP contribution in [0.15, 0.2) is 45.9 Å². The molecule has 1 heterocycles. The normalized spacial score (nSPS) is 10.7. The molecule has 0 radical (unpaired) electrons. The molecule has 5 heteroatoms. The van der Waals surface area contributed by atoms with E-state index in [2.05, 4.69) is 64.9 Å². The summed E-state index contributed by atoms with van der Waals surface area (Å²) in [5.41, 5.74) is 1.27. The summed E-state index contributed by atoms with van der Waals surface area (Å²) in [6, 6.07) is 6.28. The summed E-state index contributed by atoms with van der Waals surface area (Å²) in [4.78, 5) is 4.00. The number of benzene rings is 1. The number of nitrogens with zero attached hydrogens (tertiary/aromatic N) is 2. The third-order valence-corrected chi connectivity index (χ3v) is 4.30. The van der Waals surface area contributed by atoms with Crippen molar-refractivity contribution in [2.24, 2.45) is 0 Å². The van der Waals surface area contributed by atoms with Crippen LogP contribution in [0.2, 0.25) is 0 Å². The summed E-state index contributed by atoms with van der Waals surface area (Å²) in [5.74, 6) is 0. The number of imidazole rings is 1. The quantitative estimate of drug-likeness (QED) is 0.832. The second-order valence-corrected chi connectivity index (χ2v) is 5.43. The molecule has 0 saturated carbocycles. The summed E-state index contributed by atoms with van der Waals surface area (Å²) in [5, 5.41) is 3.40. The maximum Gasteiger partial charge on any atom is 0.0946 e. The molecule has 1 N–H and O–H groups in total. The molecule has 17 heavy (non-hydrogen) atoms. The van der Waals surface area contributed by atoms with E-state index in [1.165, 1.54) is 5.56 Å². The summed E-state index contributed by atoms with van der Waals surface area (Å²) >= 11 is 6.96. The van der Waals surface area contributed by atoms with Gasteiger partial charge in [0.05, 0.1) is 6.33 Å². The van der Waals surface area contributed by atoms with Gasteiger partial charge < -0.3 is 9.88 Å². The molecule has 2 rings (SSSR count). The lowest BCUT2D eigenvalue weighted by atomic mass is 10.2. The monoisotopic (exact) mass is 357 g/mol. The maximum absolute atomic E-state index is 4.00. The summed E-state index contributed by atoms with van der Waals surface area (Å²) in [6.45, 7) is 2.75. The smallest absolute Gasteiger partial charge is 0.0946 e. The van der Waals surface area contributed by atoms with E-state index in [1.54, 1.807) is 6.20 Å². The first kappa shape index (κ1) is 12.8. The zero-order valence-corrected chi connectivity index (χ0v) is 12.4. The first-order valence-corrected chi connectivity index (χ1v) is 6.95. The van der Waals surface area contributed by atoms with Crippen LogP contribution in [0, 0.1) is 0 Å². The number of hydrogen-bond donors (Lipinski definition) is 1. The van der Waals surface area contributed by atoms with Crippen LogP contribution < -0.4 is 5.32 Å². The molecule has 3 nitrogen and oxygen atoms in total. The van der Waals surface area contributed by atoms with Crippen LogP contribution in [0.4, 0.5) is 0 Å². The Morgan fingerprint density at radius 1 is 1.24 bits per heavy atom. The van der Waals surface area contributed by atoms with Crippen molar-refractivity contribution in [1.29, 1.82) is 0 Å². The van der Waals surface area contributed by atoms with Gasteiger partial charge in [-0.05, 0) is 49.6 Å². The SMILES string of the molecule is Brc1ccc(CNCCn2ccnc2)cc1Br. The molecule has 90 valence electrons. The highest BCUT2D eigenvalue weighted by atomic mass is 79.9. The minimum absolute atomic E-state index is 0.876. The zero-order valence-electron chi connectivity index (χ0n) is 9.24. The van der Waals surface area contributed by atoms with Crippen molar-refractivity contribution in [1.82, 2.24) is 14.9 Å². The Balaban J connectivity index is 1.76. The van der Waals surface area contributed by atoms with Gasteiger partial charge in [-0.15, -0.1) is 0 Å². The molecule has 0 aliphatic rings. The van der Waals surface area contributed by atoms with E-state index in [0.29, 0.717) is 0 Å². The van der Waals surface area contributed by atoms with Crippen LogP contribution in [0.1, 0.15) is 5.56 Å². The van der Waals surface area contributed by atoms with Gasteiger partial charge in [-0.25, -0.2) is 4.98 Å². The number of hydrogen-bond acceptors (Lipinski definition) is 2. The number of rotatable bonds is 5. The molecular weight excluding hydrogens is 346 g/mol. The second kappa shape index (κ2) is 6.33. The van der Waals surface area contributed by atoms with Crippen molar-refractivity contribution in [2.45, 2.75) is 13.1 Å². The molecule has 1 aromatic carbocycles. The van der Waals surface area contributed by atoms with Crippen molar-refractivity contribution in [3.05, 3.63) is 51.4 Å². The van der Waals surface area contributed by atoms with E-state index in [9.17, 15) is 0 Å². The minimum atomic E-state index is 0.876. The molecule has 2 aromatic rings. The Labute approximate surface area is 118 Å². The van der Waals surface area contributed by atoms with Crippen LogP contribution in [0.25, 0.3) is 0 Å². The predicted molar refractivity (Wildman–Crippen MR) is 75.8 cm³/mol.